The number of thioether (sulfide) groups is 1. The molecule has 0 saturated carbocycles. The Bertz CT molecular complexity index is 937. The van der Waals surface area contributed by atoms with E-state index in [1.54, 1.807) is 0 Å². The lowest BCUT2D eigenvalue weighted by molar-refractivity contribution is 0.0994. The Morgan fingerprint density at radius 3 is 2.59 bits per heavy atom. The molecule has 0 spiro atoms. The van der Waals surface area contributed by atoms with E-state index >= 15 is 0 Å². The van der Waals surface area contributed by atoms with Gasteiger partial charge in [-0.1, -0.05) is 42.4 Å². The van der Waals surface area contributed by atoms with Gasteiger partial charge in [0.2, 0.25) is 0 Å². The summed E-state index contributed by atoms with van der Waals surface area (Å²) >= 11 is 1.38. The third kappa shape index (κ3) is 4.45. The summed E-state index contributed by atoms with van der Waals surface area (Å²) in [4.78, 5) is 12.7. The molecule has 0 amide bonds. The number of hydrogen-bond donors (Lipinski definition) is 0. The molecule has 6 heteroatoms. The van der Waals surface area contributed by atoms with Crippen molar-refractivity contribution >= 4 is 17.5 Å². The SMILES string of the molecule is CCCn1c(S[C@H](C)C(=O)c2ccc(F)cc2)nnc1-c1cccc(C)c1. The van der Waals surface area contributed by atoms with Crippen molar-refractivity contribution in [3.63, 3.8) is 0 Å². The molecule has 27 heavy (non-hydrogen) atoms. The highest BCUT2D eigenvalue weighted by atomic mass is 32.2. The summed E-state index contributed by atoms with van der Waals surface area (Å²) in [6.07, 6.45) is 0.935. The van der Waals surface area contributed by atoms with E-state index in [9.17, 15) is 9.18 Å². The first-order valence-electron chi connectivity index (χ1n) is 8.96. The summed E-state index contributed by atoms with van der Waals surface area (Å²) in [6, 6.07) is 13.8. The van der Waals surface area contributed by atoms with Gasteiger partial charge in [-0.15, -0.1) is 10.2 Å². The molecular formula is C21H22FN3OS. The number of ketones is 1. The van der Waals surface area contributed by atoms with E-state index in [1.807, 2.05) is 32.0 Å². The van der Waals surface area contributed by atoms with Gasteiger partial charge in [0.25, 0.3) is 0 Å². The van der Waals surface area contributed by atoms with Crippen LogP contribution < -0.4 is 0 Å². The Kier molecular flexibility index (Phi) is 6.06. The number of aromatic nitrogens is 3. The molecule has 4 nitrogen and oxygen atoms in total. The molecule has 0 aliphatic carbocycles. The minimum atomic E-state index is -0.350. The first kappa shape index (κ1) is 19.3. The number of carbonyl (C=O) groups excluding carboxylic acids is 1. The molecule has 0 unspecified atom stereocenters. The number of benzene rings is 2. The van der Waals surface area contributed by atoms with Crippen LogP contribution >= 0.6 is 11.8 Å². The van der Waals surface area contributed by atoms with Gasteiger partial charge in [0, 0.05) is 17.7 Å². The average Bonchev–Trinajstić information content (AvgIpc) is 3.04. The summed E-state index contributed by atoms with van der Waals surface area (Å²) < 4.78 is 15.2. The second-order valence-corrected chi connectivity index (χ2v) is 7.77. The fraction of sp³-hybridized carbons (Fsp3) is 0.286. The molecule has 0 fully saturated rings. The quantitative estimate of drug-likeness (QED) is 0.417. The fourth-order valence-corrected chi connectivity index (χ4v) is 3.81. The predicted molar refractivity (Wildman–Crippen MR) is 107 cm³/mol. The van der Waals surface area contributed by atoms with Crippen LogP contribution in [-0.2, 0) is 6.54 Å². The van der Waals surface area contributed by atoms with Crippen LogP contribution in [0.15, 0.2) is 53.7 Å². The third-order valence-corrected chi connectivity index (χ3v) is 5.30. The van der Waals surface area contributed by atoms with Crippen molar-refractivity contribution < 1.29 is 9.18 Å². The number of carbonyl (C=O) groups is 1. The minimum absolute atomic E-state index is 0.0526. The maximum absolute atomic E-state index is 13.1. The molecule has 3 rings (SSSR count). The van der Waals surface area contributed by atoms with Crippen LogP contribution in [0.4, 0.5) is 4.39 Å². The number of aryl methyl sites for hydroxylation is 1. The summed E-state index contributed by atoms with van der Waals surface area (Å²) in [5.41, 5.74) is 2.67. The van der Waals surface area contributed by atoms with Gasteiger partial charge in [-0.3, -0.25) is 4.79 Å². The van der Waals surface area contributed by atoms with Crippen molar-refractivity contribution in [1.29, 1.82) is 0 Å². The largest absolute Gasteiger partial charge is 0.302 e. The van der Waals surface area contributed by atoms with Crippen LogP contribution in [0.1, 0.15) is 36.2 Å². The third-order valence-electron chi connectivity index (χ3n) is 4.22. The van der Waals surface area contributed by atoms with Crippen molar-refractivity contribution in [3.05, 3.63) is 65.5 Å². The van der Waals surface area contributed by atoms with Crippen molar-refractivity contribution in [2.75, 3.05) is 0 Å². The van der Waals surface area contributed by atoms with Crippen LogP contribution in [0.3, 0.4) is 0 Å². The molecule has 0 radical (unpaired) electrons. The first-order valence-corrected chi connectivity index (χ1v) is 9.84. The Hall–Kier alpha value is -2.47. The molecule has 1 atom stereocenters. The number of rotatable bonds is 7. The first-order chi connectivity index (χ1) is 13.0. The summed E-state index contributed by atoms with van der Waals surface area (Å²) in [6.45, 7) is 6.76. The van der Waals surface area contributed by atoms with Crippen LogP contribution in [0.5, 0.6) is 0 Å². The van der Waals surface area contributed by atoms with Crippen LogP contribution in [0.25, 0.3) is 11.4 Å². The molecule has 0 bridgehead atoms. The molecule has 3 aromatic rings. The molecule has 2 aromatic carbocycles. The Labute approximate surface area is 162 Å². The molecule has 140 valence electrons. The highest BCUT2D eigenvalue weighted by Gasteiger charge is 2.21. The standard InChI is InChI=1S/C21H22FN3OS/c1-4-12-25-20(17-7-5-6-14(2)13-17)23-24-21(25)27-15(3)19(26)16-8-10-18(22)11-9-16/h5-11,13,15H,4,12H2,1-3H3/t15-/m1/s1. The van der Waals surface area contributed by atoms with E-state index in [0.717, 1.165) is 35.1 Å². The van der Waals surface area contributed by atoms with Crippen LogP contribution in [-0.4, -0.2) is 25.8 Å². The number of nitrogens with zero attached hydrogens (tertiary/aromatic N) is 3. The van der Waals surface area contributed by atoms with Gasteiger partial charge in [-0.25, -0.2) is 4.39 Å². The van der Waals surface area contributed by atoms with Crippen molar-refractivity contribution in [1.82, 2.24) is 14.8 Å². The zero-order chi connectivity index (χ0) is 19.4. The second kappa shape index (κ2) is 8.48. The molecule has 1 aromatic heterocycles. The van der Waals surface area contributed by atoms with E-state index in [2.05, 4.69) is 27.8 Å². The maximum Gasteiger partial charge on any atom is 0.192 e. The normalized spacial score (nSPS) is 12.1. The van der Waals surface area contributed by atoms with Gasteiger partial charge >= 0.3 is 0 Å². The van der Waals surface area contributed by atoms with Gasteiger partial charge in [0.05, 0.1) is 5.25 Å². The summed E-state index contributed by atoms with van der Waals surface area (Å²) in [7, 11) is 0. The van der Waals surface area contributed by atoms with E-state index in [4.69, 9.17) is 0 Å². The van der Waals surface area contributed by atoms with Crippen LogP contribution in [0.2, 0.25) is 0 Å². The second-order valence-electron chi connectivity index (χ2n) is 6.46. The van der Waals surface area contributed by atoms with E-state index in [-0.39, 0.29) is 16.9 Å². The molecule has 1 heterocycles. The van der Waals surface area contributed by atoms with Gasteiger partial charge in [-0.2, -0.15) is 0 Å². The van der Waals surface area contributed by atoms with E-state index in [1.165, 1.54) is 36.0 Å². The highest BCUT2D eigenvalue weighted by molar-refractivity contribution is 8.00. The smallest absolute Gasteiger partial charge is 0.192 e. The van der Waals surface area contributed by atoms with Crippen molar-refractivity contribution in [2.45, 2.75) is 44.1 Å². The van der Waals surface area contributed by atoms with Gasteiger partial charge in [0.15, 0.2) is 16.8 Å². The summed E-state index contributed by atoms with van der Waals surface area (Å²) in [5.74, 6) is 0.407. The van der Waals surface area contributed by atoms with E-state index < -0.39 is 0 Å². The van der Waals surface area contributed by atoms with Crippen LogP contribution in [0, 0.1) is 12.7 Å². The van der Waals surface area contributed by atoms with Gasteiger partial charge < -0.3 is 4.57 Å². The lowest BCUT2D eigenvalue weighted by Gasteiger charge is -2.12. The zero-order valence-electron chi connectivity index (χ0n) is 15.6. The number of Topliss-reactive ketones (excluding diaryl/α,β-unsaturated/α-hetero) is 1. The van der Waals surface area contributed by atoms with Crippen molar-refractivity contribution in [2.24, 2.45) is 0 Å². The van der Waals surface area contributed by atoms with E-state index in [0.29, 0.717) is 5.56 Å². The predicted octanol–water partition coefficient (Wildman–Crippen LogP) is 5.17. The van der Waals surface area contributed by atoms with Crippen molar-refractivity contribution in [3.8, 4) is 11.4 Å². The fourth-order valence-electron chi connectivity index (χ4n) is 2.86. The average molecular weight is 383 g/mol. The Morgan fingerprint density at radius 2 is 1.93 bits per heavy atom. The molecule has 0 saturated heterocycles. The lowest BCUT2D eigenvalue weighted by atomic mass is 10.1. The molecule has 0 N–H and O–H groups in total. The topological polar surface area (TPSA) is 47.8 Å². The minimum Gasteiger partial charge on any atom is -0.302 e. The molecule has 0 aliphatic heterocycles. The highest BCUT2D eigenvalue weighted by Crippen LogP contribution is 2.29. The molecular weight excluding hydrogens is 361 g/mol. The Balaban J connectivity index is 1.86. The maximum atomic E-state index is 13.1. The summed E-state index contributed by atoms with van der Waals surface area (Å²) in [5, 5.41) is 9.08. The Morgan fingerprint density at radius 1 is 1.19 bits per heavy atom. The monoisotopic (exact) mass is 383 g/mol. The number of halogens is 1. The zero-order valence-corrected chi connectivity index (χ0v) is 16.5. The molecule has 0 aliphatic rings. The lowest BCUT2D eigenvalue weighted by Crippen LogP contribution is -2.15. The van der Waals surface area contributed by atoms with Gasteiger partial charge in [-0.05, 0) is 50.6 Å². The van der Waals surface area contributed by atoms with Gasteiger partial charge in [0.1, 0.15) is 5.82 Å². The number of hydrogen-bond acceptors (Lipinski definition) is 4.